The molecule has 5 rings (SSSR count). The van der Waals surface area contributed by atoms with Crippen molar-refractivity contribution in [3.8, 4) is 0 Å². The number of benzene rings is 2. The Labute approximate surface area is 199 Å². The maximum atomic E-state index is 14.6. The number of urea groups is 1. The zero-order chi connectivity index (χ0) is 23.3. The van der Waals surface area contributed by atoms with E-state index in [9.17, 15) is 14.0 Å². The lowest BCUT2D eigenvalue weighted by molar-refractivity contribution is 0.183. The number of aromatic nitrogens is 1. The highest BCUT2D eigenvalue weighted by atomic mass is 79.9. The molecule has 0 spiro atoms. The lowest BCUT2D eigenvalue weighted by atomic mass is 9.89. The van der Waals surface area contributed by atoms with Gasteiger partial charge in [0.1, 0.15) is 11.6 Å². The second-order valence-electron chi connectivity index (χ2n) is 8.26. The first-order valence-corrected chi connectivity index (χ1v) is 11.5. The van der Waals surface area contributed by atoms with Gasteiger partial charge in [0.25, 0.3) is 5.56 Å². The quantitative estimate of drug-likeness (QED) is 0.461. The molecule has 6 nitrogen and oxygen atoms in total. The fourth-order valence-electron chi connectivity index (χ4n) is 4.33. The number of halogens is 2. The molecule has 1 aromatic heterocycles. The molecule has 1 saturated carbocycles. The number of hydrogen-bond acceptors (Lipinski definition) is 3. The van der Waals surface area contributed by atoms with Gasteiger partial charge in [-0.05, 0) is 49.6 Å². The molecule has 33 heavy (non-hydrogen) atoms. The van der Waals surface area contributed by atoms with Gasteiger partial charge in [-0.1, -0.05) is 40.7 Å². The minimum absolute atomic E-state index is 0.0406. The molecule has 1 aliphatic carbocycles. The minimum Gasteiger partial charge on any atom is -0.352 e. The molecule has 8 heteroatoms. The van der Waals surface area contributed by atoms with E-state index >= 15 is 0 Å². The number of carbonyl (C=O) groups is 1. The molecule has 0 saturated heterocycles. The number of rotatable bonds is 4. The molecule has 1 aliphatic heterocycles. The molecular weight excluding hydrogens is 487 g/mol. The second kappa shape index (κ2) is 8.19. The smallest absolute Gasteiger partial charge is 0.335 e. The van der Waals surface area contributed by atoms with Gasteiger partial charge >= 0.3 is 6.03 Å². The molecule has 0 radical (unpaired) electrons. The van der Waals surface area contributed by atoms with E-state index in [0.717, 1.165) is 19.3 Å². The van der Waals surface area contributed by atoms with Gasteiger partial charge in [-0.25, -0.2) is 14.1 Å². The fourth-order valence-corrected chi connectivity index (χ4v) is 4.66. The van der Waals surface area contributed by atoms with Crippen molar-refractivity contribution in [1.82, 2.24) is 9.47 Å². The summed E-state index contributed by atoms with van der Waals surface area (Å²) in [6, 6.07) is 15.1. The van der Waals surface area contributed by atoms with E-state index in [2.05, 4.69) is 27.8 Å². The third-order valence-electron chi connectivity index (χ3n) is 6.25. The Morgan fingerprint density at radius 3 is 2.42 bits per heavy atom. The Kier molecular flexibility index (Phi) is 5.32. The van der Waals surface area contributed by atoms with E-state index in [4.69, 9.17) is 0 Å². The van der Waals surface area contributed by atoms with Gasteiger partial charge in [-0.15, -0.1) is 0 Å². The number of carbonyl (C=O) groups excluding carboxylic acids is 1. The van der Waals surface area contributed by atoms with Crippen LogP contribution < -0.4 is 15.8 Å². The monoisotopic (exact) mass is 508 g/mol. The highest BCUT2D eigenvalue weighted by Crippen LogP contribution is 2.45. The third-order valence-corrected chi connectivity index (χ3v) is 6.75. The molecule has 3 aromatic rings. The molecule has 0 unspecified atom stereocenters. The molecule has 168 valence electrons. The summed E-state index contributed by atoms with van der Waals surface area (Å²) in [6.07, 6.45) is 2.82. The van der Waals surface area contributed by atoms with Crippen LogP contribution in [0.1, 0.15) is 24.8 Å². The van der Waals surface area contributed by atoms with Crippen LogP contribution in [0.3, 0.4) is 0 Å². The van der Waals surface area contributed by atoms with Crippen molar-refractivity contribution in [3.05, 3.63) is 87.4 Å². The summed E-state index contributed by atoms with van der Waals surface area (Å²) in [5.41, 5.74) is 2.03. The molecule has 1 N–H and O–H groups in total. The first kappa shape index (κ1) is 21.5. The lowest BCUT2D eigenvalue weighted by Gasteiger charge is -2.45. The van der Waals surface area contributed by atoms with Crippen LogP contribution in [-0.2, 0) is 7.05 Å². The van der Waals surface area contributed by atoms with Gasteiger partial charge in [0.05, 0.1) is 28.3 Å². The molecule has 2 amide bonds. The van der Waals surface area contributed by atoms with E-state index in [1.807, 2.05) is 30.3 Å². The Balaban J connectivity index is 1.74. The predicted molar refractivity (Wildman–Crippen MR) is 132 cm³/mol. The summed E-state index contributed by atoms with van der Waals surface area (Å²) >= 11 is 3.26. The Hall–Kier alpha value is -3.39. The summed E-state index contributed by atoms with van der Waals surface area (Å²) in [5, 5.41) is 3.07. The summed E-state index contributed by atoms with van der Waals surface area (Å²) in [7, 11) is 1.63. The number of para-hydroxylation sites is 1. The van der Waals surface area contributed by atoms with Crippen molar-refractivity contribution >= 4 is 50.5 Å². The topological polar surface area (TPSA) is 57.6 Å². The highest BCUT2D eigenvalue weighted by molar-refractivity contribution is 9.10. The number of nitrogens with zero attached hydrogens (tertiary/aromatic N) is 3. The summed E-state index contributed by atoms with van der Waals surface area (Å²) < 4.78 is 16.7. The minimum atomic E-state index is -0.466. The van der Waals surface area contributed by atoms with Gasteiger partial charge in [0, 0.05) is 23.6 Å². The Bertz CT molecular complexity index is 1330. The van der Waals surface area contributed by atoms with Crippen molar-refractivity contribution < 1.29 is 9.18 Å². The number of anilines is 4. The van der Waals surface area contributed by atoms with Crippen molar-refractivity contribution in [2.75, 3.05) is 10.2 Å². The SMILES string of the molecule is C=C1c2c(Nc3ccc(Br)cc3F)cc(=O)n(C)c2N(c2ccccc2)C(=O)N1C1CCC1. The molecule has 1 fully saturated rings. The highest BCUT2D eigenvalue weighted by Gasteiger charge is 2.42. The predicted octanol–water partition coefficient (Wildman–Crippen LogP) is 6.13. The molecule has 2 aromatic carbocycles. The number of nitrogens with one attached hydrogen (secondary N) is 1. The number of hydrogen-bond donors (Lipinski definition) is 1. The van der Waals surface area contributed by atoms with Crippen LogP contribution in [0.15, 0.2) is 70.4 Å². The van der Waals surface area contributed by atoms with Gasteiger partial charge < -0.3 is 5.32 Å². The zero-order valence-corrected chi connectivity index (χ0v) is 19.6. The van der Waals surface area contributed by atoms with Gasteiger partial charge in [-0.3, -0.25) is 14.3 Å². The summed E-state index contributed by atoms with van der Waals surface area (Å²) in [4.78, 5) is 30.0. The average Bonchev–Trinajstić information content (AvgIpc) is 2.75. The zero-order valence-electron chi connectivity index (χ0n) is 18.0. The molecule has 0 atom stereocenters. The normalized spacial score (nSPS) is 16.0. The summed E-state index contributed by atoms with van der Waals surface area (Å²) in [6.45, 7) is 4.25. The van der Waals surface area contributed by atoms with Gasteiger partial charge in [-0.2, -0.15) is 0 Å². The molecular formula is C25H22BrFN4O2. The van der Waals surface area contributed by atoms with E-state index in [-0.39, 0.29) is 23.3 Å². The van der Waals surface area contributed by atoms with Crippen LogP contribution in [0.25, 0.3) is 5.70 Å². The van der Waals surface area contributed by atoms with Crippen molar-refractivity contribution in [2.45, 2.75) is 25.3 Å². The second-order valence-corrected chi connectivity index (χ2v) is 9.17. The lowest BCUT2D eigenvalue weighted by Crippen LogP contribution is -2.52. The maximum Gasteiger partial charge on any atom is 0.335 e. The van der Waals surface area contributed by atoms with Crippen LogP contribution in [0.2, 0.25) is 0 Å². The van der Waals surface area contributed by atoms with Crippen molar-refractivity contribution in [2.24, 2.45) is 7.05 Å². The van der Waals surface area contributed by atoms with E-state index < -0.39 is 5.82 Å². The first-order valence-electron chi connectivity index (χ1n) is 10.7. The maximum absolute atomic E-state index is 14.6. The van der Waals surface area contributed by atoms with Crippen LogP contribution in [0, 0.1) is 5.82 Å². The van der Waals surface area contributed by atoms with E-state index in [0.29, 0.717) is 32.9 Å². The molecule has 0 bridgehead atoms. The Morgan fingerprint density at radius 1 is 1.06 bits per heavy atom. The summed E-state index contributed by atoms with van der Waals surface area (Å²) in [5.74, 6) is -0.0636. The van der Waals surface area contributed by atoms with Crippen LogP contribution >= 0.6 is 15.9 Å². The number of amides is 2. The van der Waals surface area contributed by atoms with Gasteiger partial charge in [0.15, 0.2) is 0 Å². The average molecular weight is 509 g/mol. The van der Waals surface area contributed by atoms with Crippen LogP contribution in [0.4, 0.5) is 32.1 Å². The molecule has 2 heterocycles. The Morgan fingerprint density at radius 2 is 1.79 bits per heavy atom. The number of fused-ring (bicyclic) bond motifs is 1. The van der Waals surface area contributed by atoms with Crippen LogP contribution in [-0.4, -0.2) is 21.5 Å². The van der Waals surface area contributed by atoms with Crippen molar-refractivity contribution in [3.63, 3.8) is 0 Å². The first-order chi connectivity index (χ1) is 15.9. The van der Waals surface area contributed by atoms with Crippen LogP contribution in [0.5, 0.6) is 0 Å². The molecule has 2 aliphatic rings. The van der Waals surface area contributed by atoms with E-state index in [1.54, 1.807) is 29.0 Å². The van der Waals surface area contributed by atoms with E-state index in [1.165, 1.54) is 16.7 Å². The standard InChI is InChI=1S/C25H22BrFN4O2/c1-15-23-21(28-20-12-11-16(26)13-19(20)27)14-22(32)29(2)24(23)31(18-7-4-3-5-8-18)25(33)30(15)17-9-6-10-17/h3-5,7-8,11-14,17,28H,1,6,9-10H2,2H3. The number of pyridine rings is 1. The third kappa shape index (κ3) is 3.54. The largest absolute Gasteiger partial charge is 0.352 e. The fraction of sp³-hybridized carbons (Fsp3) is 0.200. The van der Waals surface area contributed by atoms with Crippen molar-refractivity contribution in [1.29, 1.82) is 0 Å². The van der Waals surface area contributed by atoms with Gasteiger partial charge in [0.2, 0.25) is 0 Å².